The molecule has 0 radical (unpaired) electrons. The molecular weight excluding hydrogens is 198 g/mol. The van der Waals surface area contributed by atoms with Crippen molar-refractivity contribution in [3.63, 3.8) is 0 Å². The van der Waals surface area contributed by atoms with Crippen molar-refractivity contribution in [2.24, 2.45) is 0 Å². The van der Waals surface area contributed by atoms with Crippen LogP contribution in [0.15, 0.2) is 18.2 Å². The van der Waals surface area contributed by atoms with Gasteiger partial charge in [-0.3, -0.25) is 0 Å². The zero-order valence-electron chi connectivity index (χ0n) is 7.44. The van der Waals surface area contributed by atoms with Crippen LogP contribution in [0.25, 0.3) is 10.1 Å². The standard InChI is InChI=1S/C10H7NO2S/c1-13-9-3-2-8(12)10-7(9)4-6(5-11)14-10/h2-4,12H,1H3. The van der Waals surface area contributed by atoms with Gasteiger partial charge in [-0.2, -0.15) is 5.26 Å². The number of phenolic OH excluding ortho intramolecular Hbond substituents is 1. The predicted octanol–water partition coefficient (Wildman–Crippen LogP) is 2.49. The third-order valence-electron chi connectivity index (χ3n) is 1.95. The number of hydrogen-bond acceptors (Lipinski definition) is 4. The van der Waals surface area contributed by atoms with Gasteiger partial charge in [-0.05, 0) is 18.2 Å². The van der Waals surface area contributed by atoms with E-state index in [0.29, 0.717) is 15.3 Å². The van der Waals surface area contributed by atoms with E-state index < -0.39 is 0 Å². The normalized spacial score (nSPS) is 10.0. The van der Waals surface area contributed by atoms with Gasteiger partial charge >= 0.3 is 0 Å². The fourth-order valence-corrected chi connectivity index (χ4v) is 2.20. The number of hydrogen-bond donors (Lipinski definition) is 1. The van der Waals surface area contributed by atoms with Crippen LogP contribution in [0.3, 0.4) is 0 Å². The summed E-state index contributed by atoms with van der Waals surface area (Å²) in [6.07, 6.45) is 0. The quantitative estimate of drug-likeness (QED) is 0.778. The second-order valence-electron chi connectivity index (χ2n) is 2.75. The predicted molar refractivity (Wildman–Crippen MR) is 54.8 cm³/mol. The first-order chi connectivity index (χ1) is 6.76. The Bertz CT molecular complexity index is 525. The van der Waals surface area contributed by atoms with E-state index in [-0.39, 0.29) is 5.75 Å². The highest BCUT2D eigenvalue weighted by Gasteiger charge is 2.09. The minimum Gasteiger partial charge on any atom is -0.506 e. The number of nitrogens with zero attached hydrogens (tertiary/aromatic N) is 1. The lowest BCUT2D eigenvalue weighted by atomic mass is 10.2. The van der Waals surface area contributed by atoms with E-state index in [2.05, 4.69) is 0 Å². The first kappa shape index (κ1) is 8.85. The van der Waals surface area contributed by atoms with Crippen LogP contribution >= 0.6 is 11.3 Å². The molecular formula is C10H7NO2S. The van der Waals surface area contributed by atoms with Gasteiger partial charge in [0.1, 0.15) is 22.4 Å². The van der Waals surface area contributed by atoms with E-state index in [4.69, 9.17) is 10.00 Å². The molecule has 14 heavy (non-hydrogen) atoms. The number of aromatic hydroxyl groups is 1. The van der Waals surface area contributed by atoms with Crippen LogP contribution in [0.5, 0.6) is 11.5 Å². The Morgan fingerprint density at radius 2 is 2.29 bits per heavy atom. The molecule has 70 valence electrons. The van der Waals surface area contributed by atoms with Gasteiger partial charge in [-0.25, -0.2) is 0 Å². The van der Waals surface area contributed by atoms with Crippen LogP contribution in [0.2, 0.25) is 0 Å². The van der Waals surface area contributed by atoms with Gasteiger partial charge in [-0.15, -0.1) is 11.3 Å². The van der Waals surface area contributed by atoms with Gasteiger partial charge in [-0.1, -0.05) is 0 Å². The molecule has 1 aromatic carbocycles. The molecule has 0 unspecified atom stereocenters. The second-order valence-corrected chi connectivity index (χ2v) is 3.80. The van der Waals surface area contributed by atoms with E-state index in [1.54, 1.807) is 25.3 Å². The van der Waals surface area contributed by atoms with Crippen LogP contribution in [-0.4, -0.2) is 12.2 Å². The van der Waals surface area contributed by atoms with Crippen LogP contribution in [0.1, 0.15) is 4.88 Å². The van der Waals surface area contributed by atoms with E-state index >= 15 is 0 Å². The molecule has 0 aliphatic carbocycles. The lowest BCUT2D eigenvalue weighted by Crippen LogP contribution is -1.81. The summed E-state index contributed by atoms with van der Waals surface area (Å²) >= 11 is 1.26. The maximum Gasteiger partial charge on any atom is 0.133 e. The van der Waals surface area contributed by atoms with Gasteiger partial charge in [0, 0.05) is 5.39 Å². The molecule has 0 amide bonds. The maximum atomic E-state index is 9.55. The first-order valence-electron chi connectivity index (χ1n) is 3.96. The summed E-state index contributed by atoms with van der Waals surface area (Å²) in [5.41, 5.74) is 0. The number of methoxy groups -OCH3 is 1. The SMILES string of the molecule is COc1ccc(O)c2sc(C#N)cc12. The molecule has 0 aliphatic heterocycles. The lowest BCUT2D eigenvalue weighted by molar-refractivity contribution is 0.418. The molecule has 1 heterocycles. The fraction of sp³-hybridized carbons (Fsp3) is 0.100. The molecule has 0 spiro atoms. The van der Waals surface area contributed by atoms with Crippen molar-refractivity contribution in [2.45, 2.75) is 0 Å². The van der Waals surface area contributed by atoms with Crippen molar-refractivity contribution < 1.29 is 9.84 Å². The summed E-state index contributed by atoms with van der Waals surface area (Å²) in [6.45, 7) is 0. The lowest BCUT2D eigenvalue weighted by Gasteiger charge is -2.01. The van der Waals surface area contributed by atoms with Crippen molar-refractivity contribution in [2.75, 3.05) is 7.11 Å². The number of fused-ring (bicyclic) bond motifs is 1. The molecule has 0 saturated carbocycles. The van der Waals surface area contributed by atoms with Crippen molar-refractivity contribution in [3.8, 4) is 17.6 Å². The Morgan fingerprint density at radius 1 is 1.50 bits per heavy atom. The molecule has 1 aromatic heterocycles. The number of ether oxygens (including phenoxy) is 1. The highest BCUT2D eigenvalue weighted by Crippen LogP contribution is 2.38. The van der Waals surface area contributed by atoms with Gasteiger partial charge in [0.05, 0.1) is 11.8 Å². The van der Waals surface area contributed by atoms with Crippen LogP contribution < -0.4 is 4.74 Å². The Kier molecular flexibility index (Phi) is 2.02. The van der Waals surface area contributed by atoms with Crippen LogP contribution in [0.4, 0.5) is 0 Å². The van der Waals surface area contributed by atoms with Crippen molar-refractivity contribution >= 4 is 21.4 Å². The second kappa shape index (κ2) is 3.20. The zero-order chi connectivity index (χ0) is 10.1. The number of rotatable bonds is 1. The number of benzene rings is 1. The smallest absolute Gasteiger partial charge is 0.133 e. The average molecular weight is 205 g/mol. The highest BCUT2D eigenvalue weighted by atomic mass is 32.1. The third-order valence-corrected chi connectivity index (χ3v) is 3.02. The van der Waals surface area contributed by atoms with Crippen LogP contribution in [0, 0.1) is 11.3 Å². The van der Waals surface area contributed by atoms with E-state index in [1.807, 2.05) is 6.07 Å². The van der Waals surface area contributed by atoms with Crippen molar-refractivity contribution in [1.29, 1.82) is 5.26 Å². The summed E-state index contributed by atoms with van der Waals surface area (Å²) in [4.78, 5) is 0.569. The Hall–Kier alpha value is -1.73. The minimum atomic E-state index is 0.187. The summed E-state index contributed by atoms with van der Waals surface area (Å²) in [5, 5.41) is 19.1. The van der Waals surface area contributed by atoms with Gasteiger partial charge in [0.2, 0.25) is 0 Å². The number of phenols is 1. The van der Waals surface area contributed by atoms with Gasteiger partial charge in [0.25, 0.3) is 0 Å². The molecule has 0 atom stereocenters. The minimum absolute atomic E-state index is 0.187. The molecule has 3 nitrogen and oxygen atoms in total. The molecule has 0 fully saturated rings. The van der Waals surface area contributed by atoms with Crippen molar-refractivity contribution in [1.82, 2.24) is 0 Å². The largest absolute Gasteiger partial charge is 0.506 e. The molecule has 1 N–H and O–H groups in total. The van der Waals surface area contributed by atoms with Crippen LogP contribution in [-0.2, 0) is 0 Å². The average Bonchev–Trinajstić information content (AvgIpc) is 2.63. The van der Waals surface area contributed by atoms with E-state index in [0.717, 1.165) is 5.39 Å². The summed E-state index contributed by atoms with van der Waals surface area (Å²) < 4.78 is 5.82. The Morgan fingerprint density at radius 3 is 2.93 bits per heavy atom. The number of thiophene rings is 1. The number of nitriles is 1. The molecule has 2 rings (SSSR count). The van der Waals surface area contributed by atoms with Gasteiger partial charge in [0.15, 0.2) is 0 Å². The molecule has 0 aliphatic rings. The summed E-state index contributed by atoms with van der Waals surface area (Å²) in [5.74, 6) is 0.864. The fourth-order valence-electron chi connectivity index (χ4n) is 1.32. The van der Waals surface area contributed by atoms with Crippen molar-refractivity contribution in [3.05, 3.63) is 23.1 Å². The Balaban J connectivity index is 2.83. The zero-order valence-corrected chi connectivity index (χ0v) is 8.26. The summed E-state index contributed by atoms with van der Waals surface area (Å²) in [7, 11) is 1.57. The first-order valence-corrected chi connectivity index (χ1v) is 4.77. The third kappa shape index (κ3) is 1.19. The summed E-state index contributed by atoms with van der Waals surface area (Å²) in [6, 6.07) is 7.02. The molecule has 0 bridgehead atoms. The monoisotopic (exact) mass is 205 g/mol. The molecule has 2 aromatic rings. The topological polar surface area (TPSA) is 53.2 Å². The molecule has 4 heteroatoms. The van der Waals surface area contributed by atoms with Gasteiger partial charge < -0.3 is 9.84 Å². The Labute approximate surface area is 84.8 Å². The molecule has 0 saturated heterocycles. The van der Waals surface area contributed by atoms with E-state index in [1.165, 1.54) is 11.3 Å². The maximum absolute atomic E-state index is 9.55. The highest BCUT2D eigenvalue weighted by molar-refractivity contribution is 7.20. The van der Waals surface area contributed by atoms with E-state index in [9.17, 15) is 5.11 Å².